The van der Waals surface area contributed by atoms with Gasteiger partial charge in [-0.2, -0.15) is 8.42 Å². The van der Waals surface area contributed by atoms with E-state index < -0.39 is 28.1 Å². The minimum atomic E-state index is -3.65. The molecule has 0 aliphatic heterocycles. The van der Waals surface area contributed by atoms with Crippen molar-refractivity contribution < 1.29 is 31.7 Å². The lowest BCUT2D eigenvalue weighted by Crippen LogP contribution is -2.32. The summed E-state index contributed by atoms with van der Waals surface area (Å²) in [5.74, 6) is -1.23. The van der Waals surface area contributed by atoms with Crippen molar-refractivity contribution in [3.8, 4) is 5.75 Å². The summed E-state index contributed by atoms with van der Waals surface area (Å²) >= 11 is 0. The number of rotatable bonds is 8. The van der Waals surface area contributed by atoms with E-state index in [1.165, 1.54) is 31.4 Å². The highest BCUT2D eigenvalue weighted by Crippen LogP contribution is 2.21. The molecule has 0 saturated heterocycles. The summed E-state index contributed by atoms with van der Waals surface area (Å²) in [5.41, 5.74) is 1.36. The van der Waals surface area contributed by atoms with Crippen molar-refractivity contribution in [2.24, 2.45) is 0 Å². The number of ether oxygens (including phenoxy) is 2. The Kier molecular flexibility index (Phi) is 7.39. The topological polar surface area (TPSA) is 108 Å². The SMILES string of the molecule is COC(=O)C(CNC(=O)OCc1ccccc1)c1ccc(OS(C)(=O)=O)cc1. The third kappa shape index (κ3) is 6.92. The molecule has 0 heterocycles. The number of carbonyl (C=O) groups excluding carboxylic acids is 2. The lowest BCUT2D eigenvalue weighted by atomic mass is 9.99. The lowest BCUT2D eigenvalue weighted by Gasteiger charge is -2.16. The van der Waals surface area contributed by atoms with E-state index in [2.05, 4.69) is 5.32 Å². The van der Waals surface area contributed by atoms with Gasteiger partial charge in [0.2, 0.25) is 0 Å². The van der Waals surface area contributed by atoms with E-state index in [-0.39, 0.29) is 18.9 Å². The maximum Gasteiger partial charge on any atom is 0.407 e. The van der Waals surface area contributed by atoms with Crippen molar-refractivity contribution in [1.29, 1.82) is 0 Å². The third-order valence-corrected chi connectivity index (χ3v) is 4.17. The number of nitrogens with one attached hydrogen (secondary N) is 1. The summed E-state index contributed by atoms with van der Waals surface area (Å²) < 4.78 is 37.0. The molecular weight excluding hydrogens is 386 g/mol. The van der Waals surface area contributed by atoms with Gasteiger partial charge in [0, 0.05) is 6.54 Å². The van der Waals surface area contributed by atoms with Gasteiger partial charge >= 0.3 is 22.2 Å². The zero-order valence-electron chi connectivity index (χ0n) is 15.5. The molecule has 2 aromatic carbocycles. The highest BCUT2D eigenvalue weighted by Gasteiger charge is 2.23. The Morgan fingerprint density at radius 1 is 1.04 bits per heavy atom. The van der Waals surface area contributed by atoms with Gasteiger partial charge in [-0.1, -0.05) is 42.5 Å². The summed E-state index contributed by atoms with van der Waals surface area (Å²) in [7, 11) is -2.41. The molecule has 0 aliphatic rings. The van der Waals surface area contributed by atoms with Crippen LogP contribution in [0.2, 0.25) is 0 Å². The first-order chi connectivity index (χ1) is 13.3. The van der Waals surface area contributed by atoms with Crippen LogP contribution in [-0.2, 0) is 31.0 Å². The van der Waals surface area contributed by atoms with Crippen LogP contribution in [0.4, 0.5) is 4.79 Å². The maximum absolute atomic E-state index is 12.1. The fraction of sp³-hybridized carbons (Fsp3) is 0.263. The number of carbonyl (C=O) groups is 2. The number of benzene rings is 2. The molecule has 1 atom stereocenters. The standard InChI is InChI=1S/C19H21NO7S/c1-25-18(21)17(15-8-10-16(11-9-15)27-28(2,23)24)12-20-19(22)26-13-14-6-4-3-5-7-14/h3-11,17H,12-13H2,1-2H3,(H,20,22). The van der Waals surface area contributed by atoms with Crippen LogP contribution in [0.3, 0.4) is 0 Å². The van der Waals surface area contributed by atoms with E-state index in [1.54, 1.807) is 0 Å². The summed E-state index contributed by atoms with van der Waals surface area (Å²) in [6.07, 6.45) is 0.262. The van der Waals surface area contributed by atoms with Crippen molar-refractivity contribution >= 4 is 22.2 Å². The summed E-state index contributed by atoms with van der Waals surface area (Å²) in [6, 6.07) is 15.1. The second-order valence-electron chi connectivity index (χ2n) is 5.87. The lowest BCUT2D eigenvalue weighted by molar-refractivity contribution is -0.142. The minimum absolute atomic E-state index is 0.0490. The monoisotopic (exact) mass is 407 g/mol. The molecule has 1 unspecified atom stereocenters. The maximum atomic E-state index is 12.1. The number of methoxy groups -OCH3 is 1. The van der Waals surface area contributed by atoms with E-state index in [9.17, 15) is 18.0 Å². The molecule has 2 rings (SSSR count). The van der Waals surface area contributed by atoms with Gasteiger partial charge in [0.25, 0.3) is 0 Å². The molecule has 0 bridgehead atoms. The van der Waals surface area contributed by atoms with E-state index in [1.807, 2.05) is 30.3 Å². The molecule has 1 N–H and O–H groups in total. The van der Waals surface area contributed by atoms with Gasteiger partial charge < -0.3 is 19.0 Å². The first kappa shape index (κ1) is 21.2. The number of alkyl carbamates (subject to hydrolysis) is 1. The second-order valence-corrected chi connectivity index (χ2v) is 7.45. The van der Waals surface area contributed by atoms with Crippen molar-refractivity contribution in [2.75, 3.05) is 19.9 Å². The average molecular weight is 407 g/mol. The van der Waals surface area contributed by atoms with Crippen LogP contribution in [0.1, 0.15) is 17.0 Å². The molecule has 0 aliphatic carbocycles. The smallest absolute Gasteiger partial charge is 0.407 e. The number of hydrogen-bond acceptors (Lipinski definition) is 7. The van der Waals surface area contributed by atoms with Crippen LogP contribution in [0.5, 0.6) is 5.75 Å². The van der Waals surface area contributed by atoms with Gasteiger partial charge in [-0.15, -0.1) is 0 Å². The molecule has 0 radical (unpaired) electrons. The normalized spacial score (nSPS) is 11.9. The fourth-order valence-corrected chi connectivity index (χ4v) is 2.83. The Morgan fingerprint density at radius 2 is 1.68 bits per heavy atom. The Labute approximate surface area is 163 Å². The minimum Gasteiger partial charge on any atom is -0.468 e. The molecule has 8 nitrogen and oxygen atoms in total. The van der Waals surface area contributed by atoms with E-state index >= 15 is 0 Å². The average Bonchev–Trinajstić information content (AvgIpc) is 2.67. The molecule has 0 spiro atoms. The quantitative estimate of drug-likeness (QED) is 0.528. The van der Waals surface area contributed by atoms with Crippen molar-refractivity contribution in [2.45, 2.75) is 12.5 Å². The largest absolute Gasteiger partial charge is 0.468 e. The van der Waals surface area contributed by atoms with Gasteiger partial charge in [0.05, 0.1) is 19.3 Å². The molecule has 0 fully saturated rings. The van der Waals surface area contributed by atoms with E-state index in [0.717, 1.165) is 11.8 Å². The number of amides is 1. The highest BCUT2D eigenvalue weighted by molar-refractivity contribution is 7.86. The molecule has 0 saturated carbocycles. The molecule has 9 heteroatoms. The van der Waals surface area contributed by atoms with E-state index in [4.69, 9.17) is 13.7 Å². The number of hydrogen-bond donors (Lipinski definition) is 1. The van der Waals surface area contributed by atoms with Crippen LogP contribution >= 0.6 is 0 Å². The van der Waals surface area contributed by atoms with Crippen LogP contribution in [-0.4, -0.2) is 40.4 Å². The molecule has 150 valence electrons. The Bertz CT molecular complexity index is 896. The molecule has 0 aromatic heterocycles. The Hall–Kier alpha value is -3.07. The predicted molar refractivity (Wildman–Crippen MR) is 101 cm³/mol. The zero-order valence-corrected chi connectivity index (χ0v) is 16.3. The van der Waals surface area contributed by atoms with Gasteiger partial charge in [-0.05, 0) is 23.3 Å². The third-order valence-electron chi connectivity index (χ3n) is 3.68. The van der Waals surface area contributed by atoms with Crippen LogP contribution < -0.4 is 9.50 Å². The summed E-state index contributed by atoms with van der Waals surface area (Å²) in [6.45, 7) is 0.0552. The first-order valence-electron chi connectivity index (χ1n) is 8.30. The van der Waals surface area contributed by atoms with Gasteiger partial charge in [-0.25, -0.2) is 4.79 Å². The van der Waals surface area contributed by atoms with Crippen molar-refractivity contribution in [3.05, 3.63) is 65.7 Å². The Balaban J connectivity index is 1.97. The molecular formula is C19H21NO7S. The predicted octanol–water partition coefficient (Wildman–Crippen LogP) is 2.21. The second kappa shape index (κ2) is 9.75. The van der Waals surface area contributed by atoms with Gasteiger partial charge in [0.15, 0.2) is 0 Å². The van der Waals surface area contributed by atoms with Gasteiger partial charge in [0.1, 0.15) is 12.4 Å². The van der Waals surface area contributed by atoms with E-state index in [0.29, 0.717) is 5.56 Å². The summed E-state index contributed by atoms with van der Waals surface area (Å²) in [4.78, 5) is 24.0. The van der Waals surface area contributed by atoms with Crippen LogP contribution in [0, 0.1) is 0 Å². The Morgan fingerprint density at radius 3 is 2.25 bits per heavy atom. The van der Waals surface area contributed by atoms with Crippen LogP contribution in [0.25, 0.3) is 0 Å². The van der Waals surface area contributed by atoms with Crippen molar-refractivity contribution in [3.63, 3.8) is 0 Å². The summed E-state index contributed by atoms with van der Waals surface area (Å²) in [5, 5.41) is 2.53. The molecule has 1 amide bonds. The first-order valence-corrected chi connectivity index (χ1v) is 10.1. The van der Waals surface area contributed by atoms with Crippen LogP contribution in [0.15, 0.2) is 54.6 Å². The van der Waals surface area contributed by atoms with Gasteiger partial charge in [-0.3, -0.25) is 4.79 Å². The molecule has 2 aromatic rings. The fourth-order valence-electron chi connectivity index (χ4n) is 2.37. The molecule has 28 heavy (non-hydrogen) atoms. The zero-order chi connectivity index (χ0) is 20.6. The number of esters is 1. The highest BCUT2D eigenvalue weighted by atomic mass is 32.2. The van der Waals surface area contributed by atoms with Crippen molar-refractivity contribution in [1.82, 2.24) is 5.32 Å².